The molecule has 1 unspecified atom stereocenters. The molecule has 0 aromatic heterocycles. The minimum atomic E-state index is -0.687. The smallest absolute Gasteiger partial charge is 0.417 e. The summed E-state index contributed by atoms with van der Waals surface area (Å²) in [6.45, 7) is 4.12. The quantitative estimate of drug-likeness (QED) is 0.482. The van der Waals surface area contributed by atoms with Crippen molar-refractivity contribution in [3.05, 3.63) is 0 Å². The number of aliphatic imine (C=N–C) groups is 1. The molecule has 3 aliphatic rings. The highest BCUT2D eigenvalue weighted by molar-refractivity contribution is 6.23. The van der Waals surface area contributed by atoms with Gasteiger partial charge in [0, 0.05) is 13.6 Å². The van der Waals surface area contributed by atoms with Crippen molar-refractivity contribution in [2.24, 2.45) is 10.1 Å². The topological polar surface area (TPSA) is 97.9 Å². The van der Waals surface area contributed by atoms with Gasteiger partial charge in [-0.3, -0.25) is 14.6 Å². The lowest BCUT2D eigenvalue weighted by Gasteiger charge is -2.33. The summed E-state index contributed by atoms with van der Waals surface area (Å²) < 4.78 is 6.44. The number of fused-ring (bicyclic) bond motifs is 2. The van der Waals surface area contributed by atoms with Gasteiger partial charge in [0.25, 0.3) is 5.91 Å². The zero-order chi connectivity index (χ0) is 17.6. The van der Waals surface area contributed by atoms with Crippen LogP contribution < -0.4 is 0 Å². The number of imide groups is 1. The Hall–Kier alpha value is -2.78. The van der Waals surface area contributed by atoms with Crippen LogP contribution in [-0.2, 0) is 14.3 Å². The monoisotopic (exact) mass is 335 g/mol. The van der Waals surface area contributed by atoms with Crippen LogP contribution in [0.25, 0.3) is 0 Å². The van der Waals surface area contributed by atoms with Crippen LogP contribution in [0.1, 0.15) is 13.8 Å². The second kappa shape index (κ2) is 5.69. The van der Waals surface area contributed by atoms with Crippen molar-refractivity contribution in [2.45, 2.75) is 19.9 Å². The van der Waals surface area contributed by atoms with E-state index >= 15 is 0 Å². The average molecular weight is 335 g/mol. The van der Waals surface area contributed by atoms with Crippen LogP contribution in [-0.4, -0.2) is 94.6 Å². The van der Waals surface area contributed by atoms with E-state index in [9.17, 15) is 14.4 Å². The highest BCUT2D eigenvalue weighted by atomic mass is 16.5. The van der Waals surface area contributed by atoms with E-state index in [2.05, 4.69) is 14.8 Å². The molecular formula is C14H19N6O4+. The molecule has 3 aliphatic heterocycles. The number of rotatable bonds is 3. The van der Waals surface area contributed by atoms with Crippen LogP contribution in [0, 0.1) is 0 Å². The number of nitrogens with zero attached hydrogens (tertiary/aromatic N) is 6. The van der Waals surface area contributed by atoms with Crippen molar-refractivity contribution >= 4 is 35.4 Å². The fraction of sp³-hybridized carbons (Fsp3) is 0.571. The number of carbonyl (C=O) groups excluding carboxylic acids is 3. The summed E-state index contributed by atoms with van der Waals surface area (Å²) in [5.74, 6) is -0.0644. The number of esters is 1. The third-order valence-electron chi connectivity index (χ3n) is 4.13. The maximum Gasteiger partial charge on any atom is 0.417 e. The Bertz CT molecular complexity index is 725. The van der Waals surface area contributed by atoms with Crippen LogP contribution in [0.3, 0.4) is 0 Å². The maximum absolute atomic E-state index is 12.7. The van der Waals surface area contributed by atoms with Gasteiger partial charge in [-0.2, -0.15) is 0 Å². The molecule has 0 N–H and O–H groups in total. The van der Waals surface area contributed by atoms with Crippen LogP contribution >= 0.6 is 0 Å². The standard InChI is InChI=1S/C14H19N6O4/c1-5-18-12(22)10-11(17(3)14(18)23)15-13-19(10)6-8(2)16-20(13)7-9(21)24-4/h10H,5-7H2,1-4H3/q+1. The Labute approximate surface area is 138 Å². The van der Waals surface area contributed by atoms with E-state index < -0.39 is 18.0 Å². The van der Waals surface area contributed by atoms with Crippen molar-refractivity contribution in [3.63, 3.8) is 0 Å². The molecule has 128 valence electrons. The Balaban J connectivity index is 2.01. The largest absolute Gasteiger partial charge is 0.467 e. The molecule has 0 radical (unpaired) electrons. The predicted molar refractivity (Wildman–Crippen MR) is 83.7 cm³/mol. The molecule has 1 atom stereocenters. The second-order valence-electron chi connectivity index (χ2n) is 5.69. The number of hydrogen-bond donors (Lipinski definition) is 0. The van der Waals surface area contributed by atoms with Gasteiger partial charge in [0.2, 0.25) is 11.9 Å². The first-order valence-electron chi connectivity index (χ1n) is 7.58. The number of amidine groups is 1. The zero-order valence-electron chi connectivity index (χ0n) is 14.0. The van der Waals surface area contributed by atoms with E-state index in [1.54, 1.807) is 25.5 Å². The average Bonchev–Trinajstić information content (AvgIpc) is 2.93. The molecule has 0 saturated carbocycles. The molecule has 0 aromatic rings. The highest BCUT2D eigenvalue weighted by Gasteiger charge is 2.54. The number of urea groups is 1. The Morgan fingerprint density at radius 2 is 2.12 bits per heavy atom. The lowest BCUT2D eigenvalue weighted by molar-refractivity contribution is -0.527. The molecule has 0 bridgehead atoms. The summed E-state index contributed by atoms with van der Waals surface area (Å²) >= 11 is 0. The minimum Gasteiger partial charge on any atom is -0.467 e. The summed E-state index contributed by atoms with van der Waals surface area (Å²) in [4.78, 5) is 43.6. The van der Waals surface area contributed by atoms with Gasteiger partial charge < -0.3 is 4.74 Å². The molecule has 0 aromatic carbocycles. The summed E-state index contributed by atoms with van der Waals surface area (Å²) in [6, 6.07) is -1.09. The fourth-order valence-electron chi connectivity index (χ4n) is 2.99. The van der Waals surface area contributed by atoms with Crippen molar-refractivity contribution in [1.82, 2.24) is 14.8 Å². The number of likely N-dealkylation sites (N-methyl/N-ethyl adjacent to an activating group) is 2. The van der Waals surface area contributed by atoms with Gasteiger partial charge in [-0.05, 0) is 13.8 Å². The zero-order valence-corrected chi connectivity index (χ0v) is 14.0. The predicted octanol–water partition coefficient (Wildman–Crippen LogP) is -1.09. The molecular weight excluding hydrogens is 316 g/mol. The molecule has 0 aliphatic carbocycles. The molecule has 1 fully saturated rings. The van der Waals surface area contributed by atoms with Crippen LogP contribution in [0.5, 0.6) is 0 Å². The first kappa shape index (κ1) is 16.1. The van der Waals surface area contributed by atoms with Crippen LogP contribution in [0.15, 0.2) is 10.1 Å². The fourth-order valence-corrected chi connectivity index (χ4v) is 2.99. The molecule has 3 rings (SSSR count). The van der Waals surface area contributed by atoms with Crippen molar-refractivity contribution in [3.8, 4) is 0 Å². The number of amides is 3. The van der Waals surface area contributed by atoms with E-state index in [0.717, 1.165) is 5.71 Å². The van der Waals surface area contributed by atoms with Crippen LogP contribution in [0.4, 0.5) is 4.79 Å². The number of methoxy groups -OCH3 is 1. The van der Waals surface area contributed by atoms with Crippen molar-refractivity contribution < 1.29 is 23.7 Å². The van der Waals surface area contributed by atoms with Crippen molar-refractivity contribution in [1.29, 1.82) is 0 Å². The van der Waals surface area contributed by atoms with Gasteiger partial charge in [-0.15, -0.1) is 10.1 Å². The summed E-state index contributed by atoms with van der Waals surface area (Å²) in [7, 11) is 2.88. The summed E-state index contributed by atoms with van der Waals surface area (Å²) in [6.07, 6.45) is 0. The molecule has 10 heteroatoms. The Morgan fingerprint density at radius 1 is 1.42 bits per heavy atom. The van der Waals surface area contributed by atoms with Gasteiger partial charge in [0.05, 0.1) is 12.8 Å². The first-order valence-corrected chi connectivity index (χ1v) is 7.58. The van der Waals surface area contributed by atoms with Gasteiger partial charge >= 0.3 is 18.0 Å². The third kappa shape index (κ3) is 2.25. The van der Waals surface area contributed by atoms with E-state index in [4.69, 9.17) is 0 Å². The molecule has 3 amide bonds. The molecule has 0 spiro atoms. The SMILES string of the molecule is CCN1C(=O)C2C(=NC3=[N+]2CC(C)=NN3CC(=O)OC)N(C)C1=O. The number of guanidine groups is 1. The van der Waals surface area contributed by atoms with Gasteiger partial charge in [-0.25, -0.2) is 14.2 Å². The van der Waals surface area contributed by atoms with E-state index in [0.29, 0.717) is 18.3 Å². The minimum absolute atomic E-state index is 0.119. The number of hydrazone groups is 1. The van der Waals surface area contributed by atoms with Gasteiger partial charge in [0.1, 0.15) is 6.54 Å². The second-order valence-corrected chi connectivity index (χ2v) is 5.69. The van der Waals surface area contributed by atoms with E-state index in [1.165, 1.54) is 21.9 Å². The molecule has 10 nitrogen and oxygen atoms in total. The molecule has 3 heterocycles. The van der Waals surface area contributed by atoms with E-state index in [1.807, 2.05) is 0 Å². The lowest BCUT2D eigenvalue weighted by Crippen LogP contribution is -2.63. The first-order chi connectivity index (χ1) is 11.4. The van der Waals surface area contributed by atoms with Gasteiger partial charge in [0.15, 0.2) is 6.54 Å². The summed E-state index contributed by atoms with van der Waals surface area (Å²) in [5, 5.41) is 5.71. The summed E-state index contributed by atoms with van der Waals surface area (Å²) in [5.41, 5.74) is 0.731. The van der Waals surface area contributed by atoms with Crippen molar-refractivity contribution in [2.75, 3.05) is 33.8 Å². The third-order valence-corrected chi connectivity index (χ3v) is 4.13. The van der Waals surface area contributed by atoms with Gasteiger partial charge in [-0.1, -0.05) is 4.99 Å². The number of carbonyl (C=O) groups is 3. The highest BCUT2D eigenvalue weighted by Crippen LogP contribution is 2.22. The molecule has 24 heavy (non-hydrogen) atoms. The lowest BCUT2D eigenvalue weighted by atomic mass is 10.1. The molecule has 1 saturated heterocycles. The Morgan fingerprint density at radius 3 is 2.75 bits per heavy atom. The number of ether oxygens (including phenoxy) is 1. The van der Waals surface area contributed by atoms with Crippen LogP contribution in [0.2, 0.25) is 0 Å². The maximum atomic E-state index is 12.7. The normalized spacial score (nSPS) is 23.2. The van der Waals surface area contributed by atoms with E-state index in [-0.39, 0.29) is 19.0 Å². The number of hydrogen-bond acceptors (Lipinski definition) is 7. The Kier molecular flexibility index (Phi) is 3.82.